The predicted molar refractivity (Wildman–Crippen MR) is 169 cm³/mol. The molecule has 0 radical (unpaired) electrons. The molecule has 3 heterocycles. The highest BCUT2D eigenvalue weighted by Crippen LogP contribution is 2.51. The van der Waals surface area contributed by atoms with E-state index in [4.69, 9.17) is 18.9 Å². The average molecular weight is 551 g/mol. The number of furan rings is 1. The van der Waals surface area contributed by atoms with E-state index in [-0.39, 0.29) is 0 Å². The van der Waals surface area contributed by atoms with Gasteiger partial charge in [0.15, 0.2) is 22.8 Å². The van der Waals surface area contributed by atoms with Crippen LogP contribution in [-0.4, -0.2) is 9.55 Å². The molecule has 0 bridgehead atoms. The summed E-state index contributed by atoms with van der Waals surface area (Å²) in [5, 5.41) is 1.98. The van der Waals surface area contributed by atoms with E-state index in [1.165, 1.54) is 16.8 Å². The van der Waals surface area contributed by atoms with E-state index in [9.17, 15) is 0 Å². The first-order chi connectivity index (χ1) is 20.5. The van der Waals surface area contributed by atoms with Crippen molar-refractivity contribution in [2.75, 3.05) is 0 Å². The zero-order valence-electron chi connectivity index (χ0n) is 24.0. The zero-order valence-corrected chi connectivity index (χ0v) is 24.0. The van der Waals surface area contributed by atoms with Crippen molar-refractivity contribution >= 4 is 33.0 Å². The van der Waals surface area contributed by atoms with Gasteiger partial charge in [-0.1, -0.05) is 82.3 Å². The van der Waals surface area contributed by atoms with Gasteiger partial charge in [0, 0.05) is 10.8 Å². The van der Waals surface area contributed by atoms with E-state index in [2.05, 4.69) is 92.9 Å². The fourth-order valence-corrected chi connectivity index (χ4v) is 6.22. The maximum Gasteiger partial charge on any atom is 0.213 e. The number of rotatable bonds is 4. The van der Waals surface area contributed by atoms with Crippen molar-refractivity contribution in [3.05, 3.63) is 108 Å². The Morgan fingerprint density at radius 1 is 0.595 bits per heavy atom. The maximum atomic E-state index is 6.74. The van der Waals surface area contributed by atoms with Crippen molar-refractivity contribution in [3.63, 3.8) is 0 Å². The van der Waals surface area contributed by atoms with Gasteiger partial charge in [0.1, 0.15) is 11.4 Å². The summed E-state index contributed by atoms with van der Waals surface area (Å²) in [5.74, 6) is 4.12. The topological polar surface area (TPSA) is 49.4 Å². The summed E-state index contributed by atoms with van der Waals surface area (Å²) in [5.41, 5.74) is 8.16. The molecule has 5 nitrogen and oxygen atoms in total. The zero-order chi connectivity index (χ0) is 28.5. The summed E-state index contributed by atoms with van der Waals surface area (Å²) < 4.78 is 21.6. The van der Waals surface area contributed by atoms with Crippen LogP contribution >= 0.6 is 0 Å². The number of aromatic nitrogens is 2. The Hall–Kier alpha value is -5.03. The van der Waals surface area contributed by atoms with Gasteiger partial charge in [-0.15, -0.1) is 0 Å². The predicted octanol–water partition coefficient (Wildman–Crippen LogP) is 10.7. The van der Waals surface area contributed by atoms with Gasteiger partial charge >= 0.3 is 0 Å². The lowest BCUT2D eigenvalue weighted by molar-refractivity contribution is 0.359. The lowest BCUT2D eigenvalue weighted by Gasteiger charge is -2.22. The van der Waals surface area contributed by atoms with Crippen LogP contribution in [0.5, 0.6) is 23.0 Å². The molecule has 0 saturated heterocycles. The van der Waals surface area contributed by atoms with Crippen LogP contribution in [0.4, 0.5) is 0 Å². The van der Waals surface area contributed by atoms with Crippen LogP contribution < -0.4 is 9.47 Å². The average Bonchev–Trinajstić information content (AvgIpc) is 3.58. The number of ether oxygens (including phenoxy) is 2. The monoisotopic (exact) mass is 550 g/mol. The van der Waals surface area contributed by atoms with E-state index < -0.39 is 0 Å². The van der Waals surface area contributed by atoms with Crippen LogP contribution in [0, 0.1) is 0 Å². The molecule has 5 aromatic carbocycles. The molecule has 0 N–H and O–H groups in total. The Morgan fingerprint density at radius 3 is 2.02 bits per heavy atom. The smallest absolute Gasteiger partial charge is 0.213 e. The first kappa shape index (κ1) is 24.7. The number of imidazole rings is 1. The largest absolute Gasteiger partial charge is 0.451 e. The standard InChI is InChI=1S/C37H30N2O3/c1-21(2)23-11-9-12-24(22(3)4)33(23)39-29-16-6-5-15-28(29)38-37(39)27-14-10-13-25-26-19-20-32-36(35(26)42-34(25)27)41-31-18-8-7-17-30(31)40-32/h5-22H,1-4H3. The second kappa shape index (κ2) is 9.25. The quantitative estimate of drug-likeness (QED) is 0.219. The number of hydrogen-bond donors (Lipinski definition) is 0. The molecular weight excluding hydrogens is 520 g/mol. The third-order valence-corrected chi connectivity index (χ3v) is 8.23. The molecule has 0 atom stereocenters. The van der Waals surface area contributed by atoms with Crippen molar-refractivity contribution in [2.45, 2.75) is 39.5 Å². The Balaban J connectivity index is 1.43. The molecule has 7 aromatic rings. The molecule has 1 aliphatic heterocycles. The third kappa shape index (κ3) is 3.59. The highest BCUT2D eigenvalue weighted by atomic mass is 16.6. The number of fused-ring (bicyclic) bond motifs is 7. The first-order valence-corrected chi connectivity index (χ1v) is 14.5. The van der Waals surface area contributed by atoms with Gasteiger partial charge in [-0.2, -0.15) is 0 Å². The van der Waals surface area contributed by atoms with Gasteiger partial charge in [0.2, 0.25) is 5.75 Å². The second-order valence-electron chi connectivity index (χ2n) is 11.6. The minimum Gasteiger partial charge on any atom is -0.451 e. The normalized spacial score (nSPS) is 12.6. The molecule has 0 aliphatic carbocycles. The van der Waals surface area contributed by atoms with Gasteiger partial charge < -0.3 is 13.9 Å². The summed E-state index contributed by atoms with van der Waals surface area (Å²) >= 11 is 0. The summed E-state index contributed by atoms with van der Waals surface area (Å²) in [7, 11) is 0. The molecule has 0 amide bonds. The molecule has 2 aromatic heterocycles. The highest BCUT2D eigenvalue weighted by molar-refractivity contribution is 6.11. The molecule has 5 heteroatoms. The lowest BCUT2D eigenvalue weighted by atomic mass is 9.92. The Bertz CT molecular complexity index is 2140. The van der Waals surface area contributed by atoms with Gasteiger partial charge in [0.25, 0.3) is 0 Å². The Labute approximate surface area is 243 Å². The van der Waals surface area contributed by atoms with Crippen LogP contribution in [-0.2, 0) is 0 Å². The number of hydrogen-bond acceptors (Lipinski definition) is 4. The minimum atomic E-state index is 0.334. The third-order valence-electron chi connectivity index (χ3n) is 8.23. The number of nitrogens with zero attached hydrogens (tertiary/aromatic N) is 2. The number of benzene rings is 5. The number of para-hydroxylation sites is 6. The maximum absolute atomic E-state index is 6.74. The molecule has 42 heavy (non-hydrogen) atoms. The van der Waals surface area contributed by atoms with Crippen molar-refractivity contribution in [1.82, 2.24) is 9.55 Å². The van der Waals surface area contributed by atoms with Gasteiger partial charge in [-0.3, -0.25) is 4.57 Å². The van der Waals surface area contributed by atoms with Crippen LogP contribution in [0.15, 0.2) is 101 Å². The van der Waals surface area contributed by atoms with Crippen molar-refractivity contribution in [3.8, 4) is 40.1 Å². The second-order valence-corrected chi connectivity index (χ2v) is 11.6. The van der Waals surface area contributed by atoms with E-state index >= 15 is 0 Å². The van der Waals surface area contributed by atoms with Crippen LogP contribution in [0.3, 0.4) is 0 Å². The van der Waals surface area contributed by atoms with E-state index in [1.54, 1.807) is 0 Å². The fraction of sp³-hybridized carbons (Fsp3) is 0.162. The van der Waals surface area contributed by atoms with Crippen molar-refractivity contribution < 1.29 is 13.9 Å². The SMILES string of the molecule is CC(C)c1cccc(C(C)C)c1-n1c(-c2cccc3c2oc2c4c(ccc23)Oc2ccccc2O4)nc2ccccc21. The lowest BCUT2D eigenvalue weighted by Crippen LogP contribution is -2.08. The van der Waals surface area contributed by atoms with Crippen LogP contribution in [0.2, 0.25) is 0 Å². The Kier molecular flexibility index (Phi) is 5.45. The molecule has 206 valence electrons. The van der Waals surface area contributed by atoms with Gasteiger partial charge in [0.05, 0.1) is 22.3 Å². The molecule has 0 unspecified atom stereocenters. The summed E-state index contributed by atoms with van der Waals surface area (Å²) in [4.78, 5) is 5.24. The van der Waals surface area contributed by atoms with E-state index in [0.29, 0.717) is 40.4 Å². The van der Waals surface area contributed by atoms with Crippen molar-refractivity contribution in [1.29, 1.82) is 0 Å². The van der Waals surface area contributed by atoms with E-state index in [0.717, 1.165) is 38.8 Å². The summed E-state index contributed by atoms with van der Waals surface area (Å²) in [6.45, 7) is 9.02. The van der Waals surface area contributed by atoms with Crippen LogP contribution in [0.25, 0.3) is 50.0 Å². The van der Waals surface area contributed by atoms with Gasteiger partial charge in [-0.05, 0) is 65.4 Å². The molecular formula is C37H30N2O3. The molecule has 1 aliphatic rings. The molecule has 0 spiro atoms. The van der Waals surface area contributed by atoms with Crippen molar-refractivity contribution in [2.24, 2.45) is 0 Å². The van der Waals surface area contributed by atoms with E-state index in [1.807, 2.05) is 36.4 Å². The molecule has 0 fully saturated rings. The summed E-state index contributed by atoms with van der Waals surface area (Å²) in [6.07, 6.45) is 0. The molecule has 8 rings (SSSR count). The Morgan fingerprint density at radius 2 is 1.26 bits per heavy atom. The van der Waals surface area contributed by atoms with Gasteiger partial charge in [-0.25, -0.2) is 4.98 Å². The fourth-order valence-electron chi connectivity index (χ4n) is 6.22. The minimum absolute atomic E-state index is 0.334. The van der Waals surface area contributed by atoms with Crippen LogP contribution in [0.1, 0.15) is 50.7 Å². The summed E-state index contributed by atoms with van der Waals surface area (Å²) in [6, 6.07) is 33.0. The molecule has 0 saturated carbocycles. The highest BCUT2D eigenvalue weighted by Gasteiger charge is 2.27. The first-order valence-electron chi connectivity index (χ1n) is 14.5.